The van der Waals surface area contributed by atoms with Gasteiger partial charge in [0.15, 0.2) is 0 Å². The molecule has 2 aromatic carbocycles. The number of carbonyl (C=O) groups is 2. The van der Waals surface area contributed by atoms with Crippen LogP contribution >= 0.6 is 11.6 Å². The first-order valence-electron chi connectivity index (χ1n) is 10.4. The predicted molar refractivity (Wildman–Crippen MR) is 114 cm³/mol. The molecule has 4 rings (SSSR count). The van der Waals surface area contributed by atoms with Gasteiger partial charge in [0.05, 0.1) is 6.42 Å². The number of ether oxygens (including phenoxy) is 2. The Morgan fingerprint density at radius 1 is 1.09 bits per heavy atom. The van der Waals surface area contributed by atoms with Crippen molar-refractivity contribution in [2.45, 2.75) is 25.4 Å². The Bertz CT molecular complexity index is 992. The van der Waals surface area contributed by atoms with Crippen molar-refractivity contribution in [3.63, 3.8) is 0 Å². The quantitative estimate of drug-likeness (QED) is 0.473. The summed E-state index contributed by atoms with van der Waals surface area (Å²) in [6.07, 6.45) is -0.661. The van der Waals surface area contributed by atoms with Crippen molar-refractivity contribution >= 4 is 23.7 Å². The Morgan fingerprint density at radius 2 is 1.81 bits per heavy atom. The van der Waals surface area contributed by atoms with Gasteiger partial charge < -0.3 is 14.4 Å². The van der Waals surface area contributed by atoms with Crippen molar-refractivity contribution in [3.8, 4) is 5.75 Å². The van der Waals surface area contributed by atoms with Gasteiger partial charge in [-0.2, -0.15) is 0 Å². The van der Waals surface area contributed by atoms with Gasteiger partial charge in [0.25, 0.3) is 5.92 Å². The van der Waals surface area contributed by atoms with Crippen LogP contribution in [0, 0.1) is 0 Å². The van der Waals surface area contributed by atoms with E-state index in [1.807, 2.05) is 4.90 Å². The summed E-state index contributed by atoms with van der Waals surface area (Å²) in [6, 6.07) is 11.2. The molecule has 0 atom stereocenters. The number of amides is 1. The fraction of sp³-hybridized carbons (Fsp3) is 0.391. The van der Waals surface area contributed by atoms with Crippen molar-refractivity contribution in [2.24, 2.45) is 0 Å². The molecule has 0 aliphatic carbocycles. The smallest absolute Gasteiger partial charge is 0.410 e. The lowest BCUT2D eigenvalue weighted by Gasteiger charge is -2.34. The summed E-state index contributed by atoms with van der Waals surface area (Å²) >= 11 is 5.84. The van der Waals surface area contributed by atoms with E-state index in [9.17, 15) is 18.4 Å². The number of benzene rings is 2. The molecule has 9 heteroatoms. The molecule has 1 fully saturated rings. The Morgan fingerprint density at radius 3 is 2.53 bits per heavy atom. The van der Waals surface area contributed by atoms with Gasteiger partial charge in [0.2, 0.25) is 0 Å². The van der Waals surface area contributed by atoms with E-state index in [-0.39, 0.29) is 37.3 Å². The van der Waals surface area contributed by atoms with Gasteiger partial charge in [-0.25, -0.2) is 13.6 Å². The Kier molecular flexibility index (Phi) is 6.62. The number of halogens is 3. The number of rotatable bonds is 6. The highest BCUT2D eigenvalue weighted by atomic mass is 35.5. The molecule has 0 radical (unpaired) electrons. The van der Waals surface area contributed by atoms with E-state index in [0.717, 1.165) is 5.56 Å². The average Bonchev–Trinajstić information content (AvgIpc) is 3.17. The SMILES string of the molecule is O=C1Cc2ccc(C(F)(F)CCN3CCN(C(=O)OCc4ccc(Cl)cc4)CC3)cc2O1. The van der Waals surface area contributed by atoms with Crippen LogP contribution in [-0.4, -0.2) is 54.6 Å². The fourth-order valence-electron chi connectivity index (χ4n) is 3.75. The van der Waals surface area contributed by atoms with Crippen LogP contribution in [0.2, 0.25) is 5.02 Å². The van der Waals surface area contributed by atoms with Crippen LogP contribution in [-0.2, 0) is 28.5 Å². The molecule has 32 heavy (non-hydrogen) atoms. The lowest BCUT2D eigenvalue weighted by molar-refractivity contribution is -0.131. The third-order valence-electron chi connectivity index (χ3n) is 5.70. The minimum Gasteiger partial charge on any atom is -0.445 e. The van der Waals surface area contributed by atoms with Crippen LogP contribution in [0.4, 0.5) is 13.6 Å². The molecular formula is C23H23ClF2N2O4. The Hall–Kier alpha value is -2.71. The number of piperazine rings is 1. The number of hydrogen-bond acceptors (Lipinski definition) is 5. The Labute approximate surface area is 189 Å². The number of fused-ring (bicyclic) bond motifs is 1. The second kappa shape index (κ2) is 9.42. The molecule has 0 bridgehead atoms. The highest BCUT2D eigenvalue weighted by Gasteiger charge is 2.34. The van der Waals surface area contributed by atoms with Crippen molar-refractivity contribution in [1.29, 1.82) is 0 Å². The van der Waals surface area contributed by atoms with Gasteiger partial charge in [-0.15, -0.1) is 0 Å². The molecule has 0 aromatic heterocycles. The summed E-state index contributed by atoms with van der Waals surface area (Å²) in [5, 5.41) is 0.612. The molecule has 0 saturated carbocycles. The summed E-state index contributed by atoms with van der Waals surface area (Å²) in [7, 11) is 0. The molecular weight excluding hydrogens is 442 g/mol. The van der Waals surface area contributed by atoms with Crippen molar-refractivity contribution < 1.29 is 27.8 Å². The van der Waals surface area contributed by atoms with Gasteiger partial charge in [0.1, 0.15) is 12.4 Å². The summed E-state index contributed by atoms with van der Waals surface area (Å²) in [5.41, 5.74) is 1.31. The van der Waals surface area contributed by atoms with Gasteiger partial charge in [-0.3, -0.25) is 9.69 Å². The van der Waals surface area contributed by atoms with E-state index in [1.54, 1.807) is 29.2 Å². The molecule has 1 amide bonds. The van der Waals surface area contributed by atoms with Gasteiger partial charge >= 0.3 is 12.1 Å². The number of esters is 1. The minimum absolute atomic E-state index is 0.119. The summed E-state index contributed by atoms with van der Waals surface area (Å²) in [6.45, 7) is 2.16. The first-order valence-corrected chi connectivity index (χ1v) is 10.8. The molecule has 0 N–H and O–H groups in total. The van der Waals surface area contributed by atoms with Gasteiger partial charge in [-0.05, 0) is 23.8 Å². The van der Waals surface area contributed by atoms with E-state index < -0.39 is 18.0 Å². The maximum atomic E-state index is 14.7. The van der Waals surface area contributed by atoms with Crippen LogP contribution in [0.15, 0.2) is 42.5 Å². The fourth-order valence-corrected chi connectivity index (χ4v) is 3.88. The zero-order valence-corrected chi connectivity index (χ0v) is 18.1. The van der Waals surface area contributed by atoms with Crippen LogP contribution in [0.1, 0.15) is 23.1 Å². The third-order valence-corrected chi connectivity index (χ3v) is 5.95. The van der Waals surface area contributed by atoms with Crippen molar-refractivity contribution in [2.75, 3.05) is 32.7 Å². The molecule has 2 heterocycles. The monoisotopic (exact) mass is 464 g/mol. The van der Waals surface area contributed by atoms with Crippen LogP contribution in [0.3, 0.4) is 0 Å². The molecule has 2 aliphatic rings. The first-order chi connectivity index (χ1) is 15.3. The molecule has 0 unspecified atom stereocenters. The lowest BCUT2D eigenvalue weighted by Crippen LogP contribution is -2.49. The minimum atomic E-state index is -3.04. The summed E-state index contributed by atoms with van der Waals surface area (Å²) in [4.78, 5) is 27.1. The number of nitrogens with zero attached hydrogens (tertiary/aromatic N) is 2. The second-order valence-electron chi connectivity index (χ2n) is 7.94. The largest absolute Gasteiger partial charge is 0.445 e. The van der Waals surface area contributed by atoms with Crippen LogP contribution < -0.4 is 4.74 Å². The zero-order valence-electron chi connectivity index (χ0n) is 17.4. The third kappa shape index (κ3) is 5.37. The van der Waals surface area contributed by atoms with Crippen molar-refractivity contribution in [3.05, 3.63) is 64.2 Å². The molecule has 0 spiro atoms. The maximum absolute atomic E-state index is 14.7. The van der Waals surface area contributed by atoms with Crippen molar-refractivity contribution in [1.82, 2.24) is 9.80 Å². The van der Waals surface area contributed by atoms with E-state index >= 15 is 0 Å². The lowest BCUT2D eigenvalue weighted by atomic mass is 10.0. The predicted octanol–water partition coefficient (Wildman–Crippen LogP) is 4.24. The topological polar surface area (TPSA) is 59.1 Å². The molecule has 2 aliphatic heterocycles. The highest BCUT2D eigenvalue weighted by Crippen LogP contribution is 2.37. The molecule has 1 saturated heterocycles. The van der Waals surface area contributed by atoms with Gasteiger partial charge in [-0.1, -0.05) is 35.9 Å². The number of hydrogen-bond donors (Lipinski definition) is 0. The van der Waals surface area contributed by atoms with Crippen LogP contribution in [0.25, 0.3) is 0 Å². The van der Waals surface area contributed by atoms with E-state index in [4.69, 9.17) is 21.1 Å². The van der Waals surface area contributed by atoms with Crippen LogP contribution in [0.5, 0.6) is 5.75 Å². The van der Waals surface area contributed by atoms with E-state index in [2.05, 4.69) is 0 Å². The summed E-state index contributed by atoms with van der Waals surface area (Å²) < 4.78 is 39.7. The second-order valence-corrected chi connectivity index (χ2v) is 8.37. The maximum Gasteiger partial charge on any atom is 0.410 e. The summed E-state index contributed by atoms with van der Waals surface area (Å²) in [5.74, 6) is -3.25. The van der Waals surface area contributed by atoms with E-state index in [1.165, 1.54) is 18.2 Å². The normalized spacial score (nSPS) is 16.6. The molecule has 2 aromatic rings. The average molecular weight is 465 g/mol. The standard InChI is InChI=1S/C23H23ClF2N2O4/c24-19-5-1-16(2-6-19)15-31-22(30)28-11-9-27(10-12-28)8-7-23(25,26)18-4-3-17-13-21(29)32-20(17)14-18/h1-6,14H,7-13,15H2. The highest BCUT2D eigenvalue weighted by molar-refractivity contribution is 6.30. The number of carbonyl (C=O) groups excluding carboxylic acids is 2. The molecule has 6 nitrogen and oxygen atoms in total. The first kappa shape index (κ1) is 22.5. The van der Waals surface area contributed by atoms with E-state index in [0.29, 0.717) is 36.8 Å². The molecule has 170 valence electrons. The number of alkyl halides is 2. The van der Waals surface area contributed by atoms with Gasteiger partial charge in [0, 0.05) is 55.3 Å². The Balaban J connectivity index is 1.22. The zero-order chi connectivity index (χ0) is 22.7.